The number of nitrogens with one attached hydrogen (secondary N) is 1. The molecule has 9 heteroatoms. The van der Waals surface area contributed by atoms with Crippen molar-refractivity contribution in [3.63, 3.8) is 0 Å². The van der Waals surface area contributed by atoms with E-state index in [4.69, 9.17) is 5.73 Å². The van der Waals surface area contributed by atoms with Crippen molar-refractivity contribution in [1.82, 2.24) is 15.1 Å². The van der Waals surface area contributed by atoms with Crippen LogP contribution in [0.5, 0.6) is 0 Å². The highest BCUT2D eigenvalue weighted by Crippen LogP contribution is 2.32. The Bertz CT molecular complexity index is 1420. The molecule has 0 saturated heterocycles. The Kier molecular flexibility index (Phi) is 6.42. The van der Waals surface area contributed by atoms with E-state index in [1.54, 1.807) is 12.1 Å². The molecular formula is C26H21F3N4O2. The molecule has 1 aromatic heterocycles. The van der Waals surface area contributed by atoms with Gasteiger partial charge in [-0.25, -0.2) is 0 Å². The van der Waals surface area contributed by atoms with Crippen molar-refractivity contribution in [2.24, 2.45) is 0 Å². The lowest BCUT2D eigenvalue weighted by Crippen LogP contribution is -2.30. The molecule has 1 atom stereocenters. The fraction of sp³-hybridized carbons (Fsp3) is 0.115. The van der Waals surface area contributed by atoms with Crippen molar-refractivity contribution in [2.75, 3.05) is 5.73 Å². The number of rotatable bonds is 5. The minimum atomic E-state index is -4.57. The van der Waals surface area contributed by atoms with Crippen LogP contribution in [-0.4, -0.2) is 15.7 Å². The number of halogens is 3. The molecule has 0 aliphatic heterocycles. The number of nitrogens with zero attached hydrogens (tertiary/aromatic N) is 2. The molecule has 3 N–H and O–H groups in total. The molecule has 1 heterocycles. The number of amides is 1. The number of alkyl halides is 3. The summed E-state index contributed by atoms with van der Waals surface area (Å²) < 4.78 is 40.4. The van der Waals surface area contributed by atoms with Gasteiger partial charge >= 0.3 is 6.18 Å². The van der Waals surface area contributed by atoms with Gasteiger partial charge in [0.25, 0.3) is 11.5 Å². The number of nitrogens with two attached hydrogens (primary N) is 1. The molecule has 6 nitrogen and oxygen atoms in total. The third-order valence-corrected chi connectivity index (χ3v) is 5.40. The molecule has 4 aromatic rings. The minimum absolute atomic E-state index is 0.0662. The molecule has 178 valence electrons. The molecule has 0 unspecified atom stereocenters. The monoisotopic (exact) mass is 478 g/mol. The average molecular weight is 478 g/mol. The second kappa shape index (κ2) is 9.46. The summed E-state index contributed by atoms with van der Waals surface area (Å²) in [6.07, 6.45) is -4.57. The first-order valence-corrected chi connectivity index (χ1v) is 10.7. The number of nitrogen functional groups attached to an aromatic ring is 1. The molecular weight excluding hydrogens is 457 g/mol. The highest BCUT2D eigenvalue weighted by molar-refractivity contribution is 5.92. The summed E-state index contributed by atoms with van der Waals surface area (Å²) in [5.74, 6) is -0.650. The van der Waals surface area contributed by atoms with Gasteiger partial charge in [0.15, 0.2) is 0 Å². The van der Waals surface area contributed by atoms with Crippen LogP contribution in [0, 0.1) is 0 Å². The number of hydrogen-bond donors (Lipinski definition) is 2. The maximum Gasteiger partial charge on any atom is 0.416 e. The summed E-state index contributed by atoms with van der Waals surface area (Å²) in [7, 11) is 0. The maximum atomic E-state index is 13.1. The number of carbonyl (C=O) groups is 1. The molecule has 4 rings (SSSR count). The van der Waals surface area contributed by atoms with E-state index in [1.165, 1.54) is 25.1 Å². The van der Waals surface area contributed by atoms with Gasteiger partial charge in [0.1, 0.15) is 5.69 Å². The molecule has 0 aliphatic rings. The summed E-state index contributed by atoms with van der Waals surface area (Å²) in [5.41, 5.74) is 6.76. The Morgan fingerprint density at radius 3 is 2.26 bits per heavy atom. The van der Waals surface area contributed by atoms with Gasteiger partial charge in [0.2, 0.25) is 0 Å². The van der Waals surface area contributed by atoms with Gasteiger partial charge in [0, 0.05) is 11.8 Å². The van der Waals surface area contributed by atoms with Crippen LogP contribution in [0.25, 0.3) is 16.8 Å². The SMILES string of the molecule is C[C@@H](NC(=O)c1ccc(=O)n(-c2ccc(-c3ccccc3)cc2)n1)c1cc(N)cc(C(F)(F)F)c1. The first-order valence-electron chi connectivity index (χ1n) is 10.7. The summed E-state index contributed by atoms with van der Waals surface area (Å²) in [6.45, 7) is 1.53. The second-order valence-electron chi connectivity index (χ2n) is 7.96. The number of carbonyl (C=O) groups excluding carboxylic acids is 1. The zero-order valence-corrected chi connectivity index (χ0v) is 18.6. The molecule has 0 saturated carbocycles. The third kappa shape index (κ3) is 5.40. The Morgan fingerprint density at radius 2 is 1.60 bits per heavy atom. The van der Waals surface area contributed by atoms with Crippen LogP contribution >= 0.6 is 0 Å². The normalized spacial score (nSPS) is 12.2. The van der Waals surface area contributed by atoms with Gasteiger partial charge in [0.05, 0.1) is 17.3 Å². The lowest BCUT2D eigenvalue weighted by atomic mass is 10.0. The van der Waals surface area contributed by atoms with E-state index in [9.17, 15) is 22.8 Å². The lowest BCUT2D eigenvalue weighted by molar-refractivity contribution is -0.137. The Hall–Kier alpha value is -4.40. The molecule has 35 heavy (non-hydrogen) atoms. The van der Waals surface area contributed by atoms with E-state index in [0.717, 1.165) is 27.9 Å². The maximum absolute atomic E-state index is 13.1. The van der Waals surface area contributed by atoms with Crippen LogP contribution in [-0.2, 0) is 6.18 Å². The van der Waals surface area contributed by atoms with Crippen LogP contribution in [0.2, 0.25) is 0 Å². The van der Waals surface area contributed by atoms with Gasteiger partial charge in [-0.1, -0.05) is 42.5 Å². The molecule has 0 aliphatic carbocycles. The van der Waals surface area contributed by atoms with Gasteiger partial charge in [-0.2, -0.15) is 23.0 Å². The van der Waals surface area contributed by atoms with Crippen LogP contribution in [0.4, 0.5) is 18.9 Å². The predicted octanol–water partition coefficient (Wildman–Crippen LogP) is 4.99. The van der Waals surface area contributed by atoms with Gasteiger partial charge in [-0.3, -0.25) is 9.59 Å². The molecule has 1 amide bonds. The fourth-order valence-electron chi connectivity index (χ4n) is 3.59. The number of anilines is 1. The summed E-state index contributed by atoms with van der Waals surface area (Å²) >= 11 is 0. The van der Waals surface area contributed by atoms with Crippen LogP contribution in [0.3, 0.4) is 0 Å². The lowest BCUT2D eigenvalue weighted by Gasteiger charge is -2.17. The van der Waals surface area contributed by atoms with E-state index in [-0.39, 0.29) is 16.9 Å². The largest absolute Gasteiger partial charge is 0.416 e. The van der Waals surface area contributed by atoms with Crippen LogP contribution in [0.15, 0.2) is 89.7 Å². The summed E-state index contributed by atoms with van der Waals surface area (Å²) in [6, 6.07) is 21.6. The third-order valence-electron chi connectivity index (χ3n) is 5.40. The van der Waals surface area contributed by atoms with Crippen molar-refractivity contribution in [2.45, 2.75) is 19.1 Å². The van der Waals surface area contributed by atoms with E-state index in [1.807, 2.05) is 42.5 Å². The second-order valence-corrected chi connectivity index (χ2v) is 7.96. The quantitative estimate of drug-likeness (QED) is 0.396. The molecule has 3 aromatic carbocycles. The van der Waals surface area contributed by atoms with Crippen molar-refractivity contribution >= 4 is 11.6 Å². The fourth-order valence-corrected chi connectivity index (χ4v) is 3.59. The molecule has 0 spiro atoms. The molecule has 0 bridgehead atoms. The topological polar surface area (TPSA) is 90.0 Å². The Labute approximate surface area is 198 Å². The van der Waals surface area contributed by atoms with Crippen molar-refractivity contribution in [1.29, 1.82) is 0 Å². The number of aromatic nitrogens is 2. The molecule has 0 radical (unpaired) electrons. The number of hydrogen-bond acceptors (Lipinski definition) is 4. The minimum Gasteiger partial charge on any atom is -0.399 e. The van der Waals surface area contributed by atoms with Gasteiger partial charge < -0.3 is 11.1 Å². The summed E-state index contributed by atoms with van der Waals surface area (Å²) in [5, 5.41) is 6.76. The standard InChI is InChI=1S/C26H21F3N4O2/c1-16(19-13-20(26(27,28)29)15-21(30)14-19)31-25(35)23-11-12-24(34)33(32-23)22-9-7-18(8-10-22)17-5-3-2-4-6-17/h2-16H,30H2,1H3,(H,31,35)/t16-/m1/s1. The molecule has 0 fully saturated rings. The first kappa shape index (κ1) is 23.7. The van der Waals surface area contributed by atoms with E-state index >= 15 is 0 Å². The Morgan fingerprint density at radius 1 is 0.943 bits per heavy atom. The van der Waals surface area contributed by atoms with Gasteiger partial charge in [-0.15, -0.1) is 0 Å². The first-order chi connectivity index (χ1) is 16.6. The Balaban J connectivity index is 1.56. The van der Waals surface area contributed by atoms with Gasteiger partial charge in [-0.05, 0) is 60.0 Å². The zero-order valence-electron chi connectivity index (χ0n) is 18.6. The van der Waals surface area contributed by atoms with E-state index < -0.39 is 29.2 Å². The smallest absolute Gasteiger partial charge is 0.399 e. The zero-order chi connectivity index (χ0) is 25.2. The summed E-state index contributed by atoms with van der Waals surface area (Å²) in [4.78, 5) is 25.2. The van der Waals surface area contributed by atoms with E-state index in [0.29, 0.717) is 5.69 Å². The predicted molar refractivity (Wildman–Crippen MR) is 127 cm³/mol. The van der Waals surface area contributed by atoms with Crippen molar-refractivity contribution in [3.8, 4) is 16.8 Å². The van der Waals surface area contributed by atoms with Crippen LogP contribution in [0.1, 0.15) is 34.6 Å². The van der Waals surface area contributed by atoms with E-state index in [2.05, 4.69) is 10.4 Å². The van der Waals surface area contributed by atoms with Crippen molar-refractivity contribution in [3.05, 3.63) is 112 Å². The average Bonchev–Trinajstić information content (AvgIpc) is 2.84. The highest BCUT2D eigenvalue weighted by atomic mass is 19.4. The highest BCUT2D eigenvalue weighted by Gasteiger charge is 2.31. The van der Waals surface area contributed by atoms with Crippen molar-refractivity contribution < 1.29 is 18.0 Å². The van der Waals surface area contributed by atoms with Crippen LogP contribution < -0.4 is 16.6 Å². The number of benzene rings is 3.